The fraction of sp³-hybridized carbons (Fsp3) is 0. The highest BCUT2D eigenvalue weighted by molar-refractivity contribution is 5.63. The standard InChI is InChI=1S/C15H12N2O3/c18-11-2-4-12(5-3-11)20-15-6-1-10(7-14(15)19)13-8-16-9-17-13/h1-9,18-19H,(H,16,17). The van der Waals surface area contributed by atoms with Crippen molar-refractivity contribution in [3.05, 3.63) is 55.0 Å². The number of aromatic amines is 1. The first-order valence-electron chi connectivity index (χ1n) is 6.01. The van der Waals surface area contributed by atoms with Crippen molar-refractivity contribution in [1.82, 2.24) is 9.97 Å². The number of aromatic hydroxyl groups is 2. The zero-order chi connectivity index (χ0) is 13.9. The van der Waals surface area contributed by atoms with Crippen molar-refractivity contribution in [2.45, 2.75) is 0 Å². The normalized spacial score (nSPS) is 10.4. The van der Waals surface area contributed by atoms with Crippen LogP contribution >= 0.6 is 0 Å². The molecule has 20 heavy (non-hydrogen) atoms. The second kappa shape index (κ2) is 4.97. The number of nitrogens with zero attached hydrogens (tertiary/aromatic N) is 1. The number of hydrogen-bond acceptors (Lipinski definition) is 4. The molecule has 5 heteroatoms. The van der Waals surface area contributed by atoms with Gasteiger partial charge in [0.1, 0.15) is 11.5 Å². The SMILES string of the molecule is Oc1ccc(Oc2ccc(-c3cnc[nH]3)cc2O)cc1. The third-order valence-electron chi connectivity index (χ3n) is 2.83. The molecule has 0 bridgehead atoms. The minimum absolute atomic E-state index is 0.0326. The van der Waals surface area contributed by atoms with Crippen LogP contribution in [0.25, 0.3) is 11.3 Å². The molecule has 0 aliphatic rings. The molecular formula is C15H12N2O3. The fourth-order valence-corrected chi connectivity index (χ4v) is 1.83. The molecule has 0 aliphatic heterocycles. The van der Waals surface area contributed by atoms with Gasteiger partial charge in [0, 0.05) is 5.56 Å². The van der Waals surface area contributed by atoms with Gasteiger partial charge in [0.15, 0.2) is 11.5 Å². The maximum atomic E-state index is 10.00. The van der Waals surface area contributed by atoms with Crippen LogP contribution in [0, 0.1) is 0 Å². The molecule has 0 unspecified atom stereocenters. The van der Waals surface area contributed by atoms with Gasteiger partial charge in [-0.05, 0) is 42.5 Å². The number of nitrogens with one attached hydrogen (secondary N) is 1. The van der Waals surface area contributed by atoms with Crippen LogP contribution in [0.3, 0.4) is 0 Å². The lowest BCUT2D eigenvalue weighted by Crippen LogP contribution is -1.85. The Balaban J connectivity index is 1.86. The Labute approximate surface area is 115 Å². The maximum Gasteiger partial charge on any atom is 0.169 e. The molecule has 3 rings (SSSR count). The summed E-state index contributed by atoms with van der Waals surface area (Å²) >= 11 is 0. The first kappa shape index (κ1) is 12.1. The van der Waals surface area contributed by atoms with Crippen LogP contribution < -0.4 is 4.74 Å². The minimum atomic E-state index is 0.0326. The Bertz CT molecular complexity index is 706. The van der Waals surface area contributed by atoms with Gasteiger partial charge < -0.3 is 19.9 Å². The molecule has 0 amide bonds. The van der Waals surface area contributed by atoms with Crippen molar-refractivity contribution in [3.8, 4) is 34.3 Å². The Morgan fingerprint density at radius 2 is 1.80 bits per heavy atom. The first-order chi connectivity index (χ1) is 9.72. The van der Waals surface area contributed by atoms with E-state index in [4.69, 9.17) is 4.74 Å². The summed E-state index contributed by atoms with van der Waals surface area (Å²) in [7, 11) is 0. The van der Waals surface area contributed by atoms with Crippen molar-refractivity contribution in [2.75, 3.05) is 0 Å². The average molecular weight is 268 g/mol. The van der Waals surface area contributed by atoms with Crippen LogP contribution in [-0.2, 0) is 0 Å². The van der Waals surface area contributed by atoms with Crippen LogP contribution in [0.15, 0.2) is 55.0 Å². The van der Waals surface area contributed by atoms with E-state index in [1.807, 2.05) is 6.07 Å². The molecule has 2 aromatic carbocycles. The predicted molar refractivity (Wildman–Crippen MR) is 73.9 cm³/mol. The predicted octanol–water partition coefficient (Wildman–Crippen LogP) is 3.28. The maximum absolute atomic E-state index is 10.00. The molecule has 0 saturated heterocycles. The highest BCUT2D eigenvalue weighted by atomic mass is 16.5. The molecule has 100 valence electrons. The molecule has 3 N–H and O–H groups in total. The molecule has 0 atom stereocenters. The van der Waals surface area contributed by atoms with Crippen molar-refractivity contribution in [2.24, 2.45) is 0 Å². The van der Waals surface area contributed by atoms with Crippen molar-refractivity contribution < 1.29 is 14.9 Å². The van der Waals surface area contributed by atoms with E-state index >= 15 is 0 Å². The lowest BCUT2D eigenvalue weighted by Gasteiger charge is -2.08. The van der Waals surface area contributed by atoms with Gasteiger partial charge in [-0.15, -0.1) is 0 Å². The van der Waals surface area contributed by atoms with E-state index in [1.165, 1.54) is 12.1 Å². The highest BCUT2D eigenvalue weighted by Crippen LogP contribution is 2.34. The molecule has 3 aromatic rings. The second-order valence-corrected chi connectivity index (χ2v) is 4.24. The molecular weight excluding hydrogens is 256 g/mol. The Hall–Kier alpha value is -2.95. The van der Waals surface area contributed by atoms with Crippen molar-refractivity contribution in [3.63, 3.8) is 0 Å². The number of phenols is 2. The summed E-state index contributed by atoms with van der Waals surface area (Å²) in [6.07, 6.45) is 3.25. The number of imidazole rings is 1. The number of ether oxygens (including phenoxy) is 1. The molecule has 0 radical (unpaired) electrons. The van der Waals surface area contributed by atoms with E-state index in [2.05, 4.69) is 9.97 Å². The molecule has 0 fully saturated rings. The van der Waals surface area contributed by atoms with E-state index in [9.17, 15) is 10.2 Å². The van der Waals surface area contributed by atoms with Gasteiger partial charge in [-0.2, -0.15) is 0 Å². The quantitative estimate of drug-likeness (QED) is 0.681. The number of hydrogen-bond donors (Lipinski definition) is 3. The minimum Gasteiger partial charge on any atom is -0.508 e. The summed E-state index contributed by atoms with van der Waals surface area (Å²) in [4.78, 5) is 6.90. The third kappa shape index (κ3) is 2.42. The summed E-state index contributed by atoms with van der Waals surface area (Å²) < 4.78 is 5.55. The molecule has 1 aromatic heterocycles. The van der Waals surface area contributed by atoms with E-state index in [-0.39, 0.29) is 11.5 Å². The summed E-state index contributed by atoms with van der Waals surface area (Å²) in [5.41, 5.74) is 1.63. The summed E-state index contributed by atoms with van der Waals surface area (Å²) in [5.74, 6) is 1.08. The van der Waals surface area contributed by atoms with Crippen LogP contribution in [0.4, 0.5) is 0 Å². The molecule has 5 nitrogen and oxygen atoms in total. The smallest absolute Gasteiger partial charge is 0.169 e. The van der Waals surface area contributed by atoms with Gasteiger partial charge in [-0.1, -0.05) is 0 Å². The van der Waals surface area contributed by atoms with E-state index in [0.717, 1.165) is 11.3 Å². The number of aromatic nitrogens is 2. The topological polar surface area (TPSA) is 78.4 Å². The second-order valence-electron chi connectivity index (χ2n) is 4.24. The van der Waals surface area contributed by atoms with Gasteiger partial charge in [0.25, 0.3) is 0 Å². The number of H-pyrrole nitrogens is 1. The monoisotopic (exact) mass is 268 g/mol. The van der Waals surface area contributed by atoms with E-state index in [0.29, 0.717) is 11.5 Å². The number of rotatable bonds is 3. The van der Waals surface area contributed by atoms with Gasteiger partial charge >= 0.3 is 0 Å². The average Bonchev–Trinajstić information content (AvgIpc) is 2.97. The van der Waals surface area contributed by atoms with Crippen LogP contribution in [-0.4, -0.2) is 20.2 Å². The van der Waals surface area contributed by atoms with Gasteiger partial charge in [0.2, 0.25) is 0 Å². The Morgan fingerprint density at radius 3 is 2.45 bits per heavy atom. The van der Waals surface area contributed by atoms with Gasteiger partial charge in [-0.25, -0.2) is 4.98 Å². The Morgan fingerprint density at radius 1 is 1.00 bits per heavy atom. The molecule has 1 heterocycles. The summed E-state index contributed by atoms with van der Waals surface area (Å²) in [6.45, 7) is 0. The lowest BCUT2D eigenvalue weighted by molar-refractivity contribution is 0.410. The first-order valence-corrected chi connectivity index (χ1v) is 6.01. The molecule has 0 saturated carbocycles. The Kier molecular flexibility index (Phi) is 3.01. The zero-order valence-electron chi connectivity index (χ0n) is 10.4. The van der Waals surface area contributed by atoms with Crippen LogP contribution in [0.1, 0.15) is 0 Å². The largest absolute Gasteiger partial charge is 0.508 e. The van der Waals surface area contributed by atoms with Crippen molar-refractivity contribution in [1.29, 1.82) is 0 Å². The van der Waals surface area contributed by atoms with Crippen LogP contribution in [0.5, 0.6) is 23.0 Å². The van der Waals surface area contributed by atoms with Crippen LogP contribution in [0.2, 0.25) is 0 Å². The van der Waals surface area contributed by atoms with Crippen molar-refractivity contribution >= 4 is 0 Å². The number of phenolic OH excluding ortho intramolecular Hbond substituents is 2. The summed E-state index contributed by atoms with van der Waals surface area (Å²) in [5, 5.41) is 19.2. The molecule has 0 aliphatic carbocycles. The third-order valence-corrected chi connectivity index (χ3v) is 2.83. The fourth-order valence-electron chi connectivity index (χ4n) is 1.83. The highest BCUT2D eigenvalue weighted by Gasteiger charge is 2.07. The molecule has 0 spiro atoms. The van der Waals surface area contributed by atoms with E-state index < -0.39 is 0 Å². The lowest BCUT2D eigenvalue weighted by atomic mass is 10.1. The zero-order valence-corrected chi connectivity index (χ0v) is 10.4. The number of benzene rings is 2. The van der Waals surface area contributed by atoms with Gasteiger partial charge in [0.05, 0.1) is 18.2 Å². The summed E-state index contributed by atoms with van der Waals surface area (Å²) in [6, 6.07) is 11.4. The van der Waals surface area contributed by atoms with E-state index in [1.54, 1.807) is 36.8 Å². The van der Waals surface area contributed by atoms with Gasteiger partial charge in [-0.3, -0.25) is 0 Å².